The van der Waals surface area contributed by atoms with E-state index in [2.05, 4.69) is 10.1 Å². The van der Waals surface area contributed by atoms with Crippen LogP contribution >= 0.6 is 0 Å². The number of nitrogens with one attached hydrogen (secondary N) is 1. The molecular weight excluding hydrogens is 172 g/mol. The topological polar surface area (TPSA) is 58.6 Å². The Morgan fingerprint density at radius 2 is 2.23 bits per heavy atom. The summed E-state index contributed by atoms with van der Waals surface area (Å²) in [7, 11) is 1.34. The lowest BCUT2D eigenvalue weighted by Crippen LogP contribution is -2.55. The molecule has 1 aliphatic rings. The molecule has 1 unspecified atom stereocenters. The number of methoxy groups -OCH3 is 1. The normalized spacial score (nSPS) is 22.6. The molecule has 0 bridgehead atoms. The van der Waals surface area contributed by atoms with E-state index in [9.17, 15) is 9.59 Å². The van der Waals surface area contributed by atoms with Crippen molar-refractivity contribution in [1.82, 2.24) is 10.2 Å². The number of amides is 1. The van der Waals surface area contributed by atoms with Crippen LogP contribution in [0.15, 0.2) is 0 Å². The van der Waals surface area contributed by atoms with Crippen LogP contribution in [0, 0.1) is 0 Å². The molecule has 1 N–H and O–H groups in total. The first-order valence-corrected chi connectivity index (χ1v) is 4.22. The van der Waals surface area contributed by atoms with Gasteiger partial charge in [0.05, 0.1) is 7.11 Å². The van der Waals surface area contributed by atoms with Crippen molar-refractivity contribution >= 4 is 11.9 Å². The Bertz CT molecular complexity index is 217. The van der Waals surface area contributed by atoms with Crippen LogP contribution in [0.5, 0.6) is 0 Å². The first-order chi connectivity index (χ1) is 6.15. The fraction of sp³-hybridized carbons (Fsp3) is 0.750. The summed E-state index contributed by atoms with van der Waals surface area (Å²) in [4.78, 5) is 23.8. The van der Waals surface area contributed by atoms with Gasteiger partial charge in [-0.25, -0.2) is 0 Å². The molecule has 5 nitrogen and oxygen atoms in total. The maximum atomic E-state index is 11.1. The van der Waals surface area contributed by atoms with Crippen molar-refractivity contribution in [3.63, 3.8) is 0 Å². The van der Waals surface area contributed by atoms with Crippen molar-refractivity contribution in [3.05, 3.63) is 0 Å². The molecule has 5 heteroatoms. The summed E-state index contributed by atoms with van der Waals surface area (Å²) >= 11 is 0. The monoisotopic (exact) mass is 186 g/mol. The molecule has 1 saturated heterocycles. The average Bonchev–Trinajstić information content (AvgIpc) is 2.17. The number of piperazine rings is 1. The van der Waals surface area contributed by atoms with Crippen LogP contribution in [-0.4, -0.2) is 49.6 Å². The SMILES string of the molecule is COC(=O)C1CN(C(C)=O)CCN1. The molecule has 1 fully saturated rings. The lowest BCUT2D eigenvalue weighted by Gasteiger charge is -2.31. The van der Waals surface area contributed by atoms with Crippen LogP contribution in [-0.2, 0) is 14.3 Å². The van der Waals surface area contributed by atoms with Crippen LogP contribution in [0.4, 0.5) is 0 Å². The fourth-order valence-corrected chi connectivity index (χ4v) is 1.34. The van der Waals surface area contributed by atoms with E-state index in [1.807, 2.05) is 0 Å². The largest absolute Gasteiger partial charge is 0.468 e. The highest BCUT2D eigenvalue weighted by molar-refractivity contribution is 5.78. The van der Waals surface area contributed by atoms with Crippen LogP contribution < -0.4 is 5.32 Å². The zero-order chi connectivity index (χ0) is 9.84. The van der Waals surface area contributed by atoms with Crippen molar-refractivity contribution in [2.75, 3.05) is 26.7 Å². The smallest absolute Gasteiger partial charge is 0.324 e. The Morgan fingerprint density at radius 1 is 1.54 bits per heavy atom. The second kappa shape index (κ2) is 4.23. The third-order valence-electron chi connectivity index (χ3n) is 2.11. The van der Waals surface area contributed by atoms with Gasteiger partial charge in [-0.05, 0) is 0 Å². The molecule has 1 atom stereocenters. The number of hydrogen-bond donors (Lipinski definition) is 1. The van der Waals surface area contributed by atoms with Crippen LogP contribution in [0.3, 0.4) is 0 Å². The van der Waals surface area contributed by atoms with Gasteiger partial charge in [0.1, 0.15) is 6.04 Å². The molecule has 0 aliphatic carbocycles. The van der Waals surface area contributed by atoms with Gasteiger partial charge in [-0.3, -0.25) is 9.59 Å². The van der Waals surface area contributed by atoms with E-state index in [4.69, 9.17) is 0 Å². The third-order valence-corrected chi connectivity index (χ3v) is 2.11. The standard InChI is InChI=1S/C8H14N2O3/c1-6(11)10-4-3-9-7(5-10)8(12)13-2/h7,9H,3-5H2,1-2H3. The highest BCUT2D eigenvalue weighted by Gasteiger charge is 2.26. The van der Waals surface area contributed by atoms with Gasteiger partial charge in [-0.2, -0.15) is 0 Å². The summed E-state index contributed by atoms with van der Waals surface area (Å²) < 4.78 is 4.58. The maximum Gasteiger partial charge on any atom is 0.324 e. The third kappa shape index (κ3) is 2.42. The van der Waals surface area contributed by atoms with E-state index in [1.165, 1.54) is 14.0 Å². The van der Waals surface area contributed by atoms with Gasteiger partial charge in [0.15, 0.2) is 0 Å². The Morgan fingerprint density at radius 3 is 2.77 bits per heavy atom. The number of carbonyl (C=O) groups is 2. The summed E-state index contributed by atoms with van der Waals surface area (Å²) in [5, 5.41) is 2.99. The van der Waals surface area contributed by atoms with E-state index in [0.29, 0.717) is 19.6 Å². The van der Waals surface area contributed by atoms with E-state index < -0.39 is 0 Å². The molecule has 1 heterocycles. The predicted molar refractivity (Wildman–Crippen MR) is 46.1 cm³/mol. The van der Waals surface area contributed by atoms with Crippen LogP contribution in [0.2, 0.25) is 0 Å². The molecule has 1 amide bonds. The van der Waals surface area contributed by atoms with E-state index in [1.54, 1.807) is 4.90 Å². The second-order valence-electron chi connectivity index (χ2n) is 2.99. The van der Waals surface area contributed by atoms with Gasteiger partial charge in [0, 0.05) is 26.6 Å². The molecule has 0 aromatic rings. The van der Waals surface area contributed by atoms with Crippen molar-refractivity contribution in [3.8, 4) is 0 Å². The number of nitrogens with zero attached hydrogens (tertiary/aromatic N) is 1. The van der Waals surface area contributed by atoms with Gasteiger partial charge < -0.3 is 15.0 Å². The zero-order valence-electron chi connectivity index (χ0n) is 7.87. The summed E-state index contributed by atoms with van der Waals surface area (Å²) in [6.07, 6.45) is 0. The number of ether oxygens (including phenoxy) is 1. The molecule has 0 radical (unpaired) electrons. The van der Waals surface area contributed by atoms with E-state index in [0.717, 1.165) is 0 Å². The van der Waals surface area contributed by atoms with Gasteiger partial charge >= 0.3 is 5.97 Å². The number of rotatable bonds is 1. The van der Waals surface area contributed by atoms with Crippen molar-refractivity contribution in [2.45, 2.75) is 13.0 Å². The van der Waals surface area contributed by atoms with Gasteiger partial charge in [0.25, 0.3) is 0 Å². The molecule has 1 aliphatic heterocycles. The van der Waals surface area contributed by atoms with Crippen LogP contribution in [0.25, 0.3) is 0 Å². The quantitative estimate of drug-likeness (QED) is 0.532. The molecule has 74 valence electrons. The molecule has 1 rings (SSSR count). The zero-order valence-corrected chi connectivity index (χ0v) is 7.87. The second-order valence-corrected chi connectivity index (χ2v) is 2.99. The van der Waals surface area contributed by atoms with Crippen molar-refractivity contribution in [2.24, 2.45) is 0 Å². The van der Waals surface area contributed by atoms with E-state index >= 15 is 0 Å². The van der Waals surface area contributed by atoms with Crippen LogP contribution in [0.1, 0.15) is 6.92 Å². The first-order valence-electron chi connectivity index (χ1n) is 4.22. The lowest BCUT2D eigenvalue weighted by molar-refractivity contribution is -0.145. The molecule has 0 aromatic heterocycles. The number of carbonyl (C=O) groups excluding carboxylic acids is 2. The Hall–Kier alpha value is -1.10. The fourth-order valence-electron chi connectivity index (χ4n) is 1.34. The van der Waals surface area contributed by atoms with Crippen molar-refractivity contribution in [1.29, 1.82) is 0 Å². The summed E-state index contributed by atoms with van der Waals surface area (Å²) in [5.41, 5.74) is 0. The molecule has 0 spiro atoms. The number of hydrogen-bond acceptors (Lipinski definition) is 4. The highest BCUT2D eigenvalue weighted by Crippen LogP contribution is 2.00. The Balaban J connectivity index is 2.51. The summed E-state index contributed by atoms with van der Waals surface area (Å²) in [6, 6.07) is -0.373. The minimum Gasteiger partial charge on any atom is -0.468 e. The number of esters is 1. The Labute approximate surface area is 77.0 Å². The molecule has 13 heavy (non-hydrogen) atoms. The van der Waals surface area contributed by atoms with Gasteiger partial charge in [0.2, 0.25) is 5.91 Å². The minimum atomic E-state index is -0.373. The van der Waals surface area contributed by atoms with E-state index in [-0.39, 0.29) is 17.9 Å². The van der Waals surface area contributed by atoms with Gasteiger partial charge in [-0.1, -0.05) is 0 Å². The summed E-state index contributed by atoms with van der Waals surface area (Å²) in [5.74, 6) is -0.318. The first kappa shape index (κ1) is 9.98. The predicted octanol–water partition coefficient (Wildman–Crippen LogP) is -1.02. The minimum absolute atomic E-state index is 0.00426. The molecule has 0 saturated carbocycles. The molecule has 0 aromatic carbocycles. The maximum absolute atomic E-state index is 11.1. The Kier molecular flexibility index (Phi) is 3.25. The highest BCUT2D eigenvalue weighted by atomic mass is 16.5. The average molecular weight is 186 g/mol. The van der Waals surface area contributed by atoms with Gasteiger partial charge in [-0.15, -0.1) is 0 Å². The molecular formula is C8H14N2O3. The van der Waals surface area contributed by atoms with Crippen molar-refractivity contribution < 1.29 is 14.3 Å². The summed E-state index contributed by atoms with van der Waals surface area (Å²) in [6.45, 7) is 3.20. The lowest BCUT2D eigenvalue weighted by atomic mass is 10.2.